The number of hydrogen-bond donors (Lipinski definition) is 3. The molecule has 1 aliphatic rings. The van der Waals surface area contributed by atoms with E-state index in [2.05, 4.69) is 14.9 Å². The third-order valence-electron chi connectivity index (χ3n) is 4.05. The summed E-state index contributed by atoms with van der Waals surface area (Å²) in [5, 5.41) is 3.31. The summed E-state index contributed by atoms with van der Waals surface area (Å²) in [4.78, 5) is 2.47. The maximum absolute atomic E-state index is 12.5. The van der Waals surface area contributed by atoms with E-state index in [1.807, 2.05) is 18.2 Å². The topological polar surface area (TPSA) is 87.5 Å². The lowest BCUT2D eigenvalue weighted by atomic mass is 10.2. The zero-order valence-corrected chi connectivity index (χ0v) is 14.2. The molecule has 1 heterocycles. The summed E-state index contributed by atoms with van der Waals surface area (Å²) in [5.74, 6) is 0. The van der Waals surface area contributed by atoms with E-state index < -0.39 is 10.0 Å². The Morgan fingerprint density at radius 1 is 1.08 bits per heavy atom. The second kappa shape index (κ2) is 7.21. The first-order chi connectivity index (χ1) is 11.6. The predicted molar refractivity (Wildman–Crippen MR) is 96.7 cm³/mol. The highest BCUT2D eigenvalue weighted by atomic mass is 32.2. The van der Waals surface area contributed by atoms with Crippen molar-refractivity contribution in [2.45, 2.75) is 11.4 Å². The molecule has 1 fully saturated rings. The van der Waals surface area contributed by atoms with Gasteiger partial charge in [0, 0.05) is 38.4 Å². The SMILES string of the molecule is NCc1ccc(S(=O)(=O)Nc2cccc(N3CCNCC3)c2)cc1. The number of anilines is 2. The van der Waals surface area contributed by atoms with Gasteiger partial charge in [0.2, 0.25) is 0 Å². The summed E-state index contributed by atoms with van der Waals surface area (Å²) in [6, 6.07) is 14.1. The van der Waals surface area contributed by atoms with E-state index in [1.165, 1.54) is 0 Å². The smallest absolute Gasteiger partial charge is 0.261 e. The quantitative estimate of drug-likeness (QED) is 0.761. The van der Waals surface area contributed by atoms with Crippen molar-refractivity contribution in [1.29, 1.82) is 0 Å². The molecular formula is C17H22N4O2S. The lowest BCUT2D eigenvalue weighted by Crippen LogP contribution is -2.43. The van der Waals surface area contributed by atoms with Crippen LogP contribution in [0.4, 0.5) is 11.4 Å². The van der Waals surface area contributed by atoms with Crippen molar-refractivity contribution in [3.8, 4) is 0 Å². The van der Waals surface area contributed by atoms with Gasteiger partial charge in [-0.25, -0.2) is 8.42 Å². The third kappa shape index (κ3) is 3.87. The molecule has 2 aromatic carbocycles. The summed E-state index contributed by atoms with van der Waals surface area (Å²) < 4.78 is 27.7. The minimum absolute atomic E-state index is 0.229. The van der Waals surface area contributed by atoms with E-state index in [-0.39, 0.29) is 4.90 Å². The van der Waals surface area contributed by atoms with E-state index in [4.69, 9.17) is 5.73 Å². The van der Waals surface area contributed by atoms with E-state index in [0.29, 0.717) is 12.2 Å². The van der Waals surface area contributed by atoms with Crippen molar-refractivity contribution in [3.05, 3.63) is 54.1 Å². The van der Waals surface area contributed by atoms with Gasteiger partial charge in [-0.2, -0.15) is 0 Å². The van der Waals surface area contributed by atoms with Crippen molar-refractivity contribution in [3.63, 3.8) is 0 Å². The monoisotopic (exact) mass is 346 g/mol. The summed E-state index contributed by atoms with van der Waals surface area (Å²) in [6.45, 7) is 4.08. The average Bonchev–Trinajstić information content (AvgIpc) is 2.62. The number of sulfonamides is 1. The second-order valence-electron chi connectivity index (χ2n) is 5.74. The van der Waals surface area contributed by atoms with Crippen molar-refractivity contribution < 1.29 is 8.42 Å². The molecule has 0 saturated carbocycles. The fourth-order valence-electron chi connectivity index (χ4n) is 2.71. The largest absolute Gasteiger partial charge is 0.369 e. The van der Waals surface area contributed by atoms with E-state index in [0.717, 1.165) is 37.4 Å². The van der Waals surface area contributed by atoms with Gasteiger partial charge in [-0.05, 0) is 35.9 Å². The number of hydrogen-bond acceptors (Lipinski definition) is 5. The van der Waals surface area contributed by atoms with E-state index in [1.54, 1.807) is 30.3 Å². The molecule has 1 saturated heterocycles. The number of piperazine rings is 1. The predicted octanol–water partition coefficient (Wildman–Crippen LogP) is 1.36. The molecule has 2 aromatic rings. The molecule has 6 nitrogen and oxygen atoms in total. The molecule has 0 amide bonds. The number of nitrogens with one attached hydrogen (secondary N) is 2. The molecule has 24 heavy (non-hydrogen) atoms. The number of nitrogens with two attached hydrogens (primary N) is 1. The fourth-order valence-corrected chi connectivity index (χ4v) is 3.76. The maximum Gasteiger partial charge on any atom is 0.261 e. The Hall–Kier alpha value is -2.09. The standard InChI is InChI=1S/C17H22N4O2S/c18-13-14-4-6-17(7-5-14)24(22,23)20-15-2-1-3-16(12-15)21-10-8-19-9-11-21/h1-7,12,19-20H,8-11,13,18H2. The Labute approximate surface area is 142 Å². The first-order valence-corrected chi connectivity index (χ1v) is 9.44. The molecule has 3 rings (SSSR count). The maximum atomic E-state index is 12.5. The van der Waals surface area contributed by atoms with Crippen LogP contribution < -0.4 is 20.7 Å². The normalized spacial score (nSPS) is 15.3. The van der Waals surface area contributed by atoms with Crippen molar-refractivity contribution in [2.24, 2.45) is 5.73 Å². The fraction of sp³-hybridized carbons (Fsp3) is 0.294. The van der Waals surface area contributed by atoms with Crippen molar-refractivity contribution in [1.82, 2.24) is 5.32 Å². The van der Waals surface area contributed by atoms with E-state index >= 15 is 0 Å². The Bertz CT molecular complexity index is 784. The molecule has 4 N–H and O–H groups in total. The molecule has 0 atom stereocenters. The third-order valence-corrected chi connectivity index (χ3v) is 5.45. The highest BCUT2D eigenvalue weighted by molar-refractivity contribution is 7.92. The van der Waals surface area contributed by atoms with Crippen molar-refractivity contribution >= 4 is 21.4 Å². The molecule has 0 spiro atoms. The van der Waals surface area contributed by atoms with Gasteiger partial charge in [0.1, 0.15) is 0 Å². The summed E-state index contributed by atoms with van der Waals surface area (Å²) in [7, 11) is -3.61. The minimum Gasteiger partial charge on any atom is -0.369 e. The van der Waals surface area contributed by atoms with Crippen LogP contribution in [0.15, 0.2) is 53.4 Å². The summed E-state index contributed by atoms with van der Waals surface area (Å²) in [5.41, 5.74) is 8.03. The Balaban J connectivity index is 1.78. The van der Waals surface area contributed by atoms with Gasteiger partial charge >= 0.3 is 0 Å². The molecule has 0 aliphatic carbocycles. The van der Waals surface area contributed by atoms with Crippen LogP contribution in [0.1, 0.15) is 5.56 Å². The highest BCUT2D eigenvalue weighted by Gasteiger charge is 2.15. The van der Waals surface area contributed by atoms with Gasteiger partial charge < -0.3 is 16.0 Å². The average molecular weight is 346 g/mol. The van der Waals surface area contributed by atoms with Crippen molar-refractivity contribution in [2.75, 3.05) is 35.8 Å². The van der Waals surface area contributed by atoms with Crippen LogP contribution in [0, 0.1) is 0 Å². The Kier molecular flexibility index (Phi) is 5.03. The number of nitrogens with zero attached hydrogens (tertiary/aromatic N) is 1. The minimum atomic E-state index is -3.61. The van der Waals surface area contributed by atoms with Gasteiger partial charge in [-0.3, -0.25) is 4.72 Å². The highest BCUT2D eigenvalue weighted by Crippen LogP contribution is 2.22. The van der Waals surface area contributed by atoms with Crippen LogP contribution in [0.3, 0.4) is 0 Å². The first-order valence-electron chi connectivity index (χ1n) is 7.96. The van der Waals surface area contributed by atoms with Crippen LogP contribution >= 0.6 is 0 Å². The molecular weight excluding hydrogens is 324 g/mol. The van der Waals surface area contributed by atoms with Crippen LogP contribution in [0.2, 0.25) is 0 Å². The summed E-state index contributed by atoms with van der Waals surface area (Å²) >= 11 is 0. The van der Waals surface area contributed by atoms with Gasteiger partial charge in [-0.15, -0.1) is 0 Å². The molecule has 0 radical (unpaired) electrons. The Morgan fingerprint density at radius 3 is 2.46 bits per heavy atom. The summed E-state index contributed by atoms with van der Waals surface area (Å²) in [6.07, 6.45) is 0. The second-order valence-corrected chi connectivity index (χ2v) is 7.42. The first kappa shape index (κ1) is 16.8. The van der Waals surface area contributed by atoms with Gasteiger partial charge in [-0.1, -0.05) is 18.2 Å². The molecule has 128 valence electrons. The van der Waals surface area contributed by atoms with Crippen LogP contribution in [0.5, 0.6) is 0 Å². The van der Waals surface area contributed by atoms with Crippen LogP contribution in [0.25, 0.3) is 0 Å². The van der Waals surface area contributed by atoms with Gasteiger partial charge in [0.15, 0.2) is 0 Å². The van der Waals surface area contributed by atoms with Crippen LogP contribution in [-0.4, -0.2) is 34.6 Å². The number of benzene rings is 2. The lowest BCUT2D eigenvalue weighted by Gasteiger charge is -2.29. The molecule has 7 heteroatoms. The zero-order chi connectivity index (χ0) is 17.0. The molecule has 0 bridgehead atoms. The van der Waals surface area contributed by atoms with E-state index in [9.17, 15) is 8.42 Å². The Morgan fingerprint density at radius 2 is 1.79 bits per heavy atom. The molecule has 0 aromatic heterocycles. The molecule has 0 unspecified atom stereocenters. The number of rotatable bonds is 5. The van der Waals surface area contributed by atoms with Gasteiger partial charge in [0.25, 0.3) is 10.0 Å². The zero-order valence-electron chi connectivity index (χ0n) is 13.4. The lowest BCUT2D eigenvalue weighted by molar-refractivity contribution is 0.589. The van der Waals surface area contributed by atoms with Crippen LogP contribution in [-0.2, 0) is 16.6 Å². The molecule has 1 aliphatic heterocycles. The van der Waals surface area contributed by atoms with Gasteiger partial charge in [0.05, 0.1) is 10.6 Å².